The number of ketones is 1. The molecule has 0 saturated carbocycles. The molecule has 1 rings (SSSR count). The molecule has 2 nitrogen and oxygen atoms in total. The minimum Gasteiger partial charge on any atom is -0.303 e. The Kier molecular flexibility index (Phi) is 5.36. The van der Waals surface area contributed by atoms with Crippen LogP contribution in [0, 0.1) is 12.8 Å². The highest BCUT2D eigenvalue weighted by atomic mass is 16.1. The third-order valence-corrected chi connectivity index (χ3v) is 3.28. The molecule has 1 unspecified atom stereocenters. The number of benzene rings is 1. The summed E-state index contributed by atoms with van der Waals surface area (Å²) in [5, 5.41) is 0. The fourth-order valence-corrected chi connectivity index (χ4v) is 2.07. The first-order valence-electron chi connectivity index (χ1n) is 6.42. The number of aryl methyl sites for hydroxylation is 1. The van der Waals surface area contributed by atoms with E-state index in [2.05, 4.69) is 18.7 Å². The molecule has 1 atom stereocenters. The summed E-state index contributed by atoms with van der Waals surface area (Å²) in [6, 6.07) is 7.83. The number of Topliss-reactive ketones (excluding diaryl/α,β-unsaturated/α-hetero) is 1. The van der Waals surface area contributed by atoms with Gasteiger partial charge in [-0.1, -0.05) is 45.0 Å². The van der Waals surface area contributed by atoms with E-state index in [9.17, 15) is 4.79 Å². The second-order valence-electron chi connectivity index (χ2n) is 4.57. The van der Waals surface area contributed by atoms with Crippen molar-refractivity contribution in [1.82, 2.24) is 4.90 Å². The van der Waals surface area contributed by atoms with Gasteiger partial charge in [-0.15, -0.1) is 0 Å². The molecule has 0 aromatic heterocycles. The lowest BCUT2D eigenvalue weighted by Gasteiger charge is -2.22. The highest BCUT2D eigenvalue weighted by molar-refractivity contribution is 5.99. The highest BCUT2D eigenvalue weighted by Gasteiger charge is 2.18. The van der Waals surface area contributed by atoms with Crippen molar-refractivity contribution in [3.63, 3.8) is 0 Å². The van der Waals surface area contributed by atoms with Crippen molar-refractivity contribution in [2.24, 2.45) is 5.92 Å². The molecule has 0 bridgehead atoms. The Hall–Kier alpha value is -1.15. The van der Waals surface area contributed by atoms with Crippen LogP contribution in [0.25, 0.3) is 0 Å². The molecule has 0 heterocycles. The molecule has 1 aromatic carbocycles. The van der Waals surface area contributed by atoms with Gasteiger partial charge in [0.2, 0.25) is 0 Å². The Morgan fingerprint density at radius 3 is 2.35 bits per heavy atom. The van der Waals surface area contributed by atoms with Crippen LogP contribution in [0.2, 0.25) is 0 Å². The molecule has 2 heteroatoms. The Morgan fingerprint density at radius 1 is 1.24 bits per heavy atom. The van der Waals surface area contributed by atoms with E-state index in [1.54, 1.807) is 0 Å². The summed E-state index contributed by atoms with van der Waals surface area (Å²) in [6.45, 7) is 11.1. The smallest absolute Gasteiger partial charge is 0.167 e. The standard InChI is InChI=1S/C15H23NO/c1-5-16(6-2)11-13(4)15(17)14-10-8-7-9-12(14)3/h7-10,13H,5-6,11H2,1-4H3. The number of carbonyl (C=O) groups is 1. The minimum absolute atomic E-state index is 0.0657. The van der Waals surface area contributed by atoms with Gasteiger partial charge in [0.1, 0.15) is 0 Å². The molecule has 0 fully saturated rings. The number of hydrogen-bond acceptors (Lipinski definition) is 2. The summed E-state index contributed by atoms with van der Waals surface area (Å²) in [5.74, 6) is 0.325. The Balaban J connectivity index is 2.73. The lowest BCUT2D eigenvalue weighted by molar-refractivity contribution is 0.0897. The predicted octanol–water partition coefficient (Wildman–Crippen LogP) is 3.16. The molecule has 0 amide bonds. The summed E-state index contributed by atoms with van der Waals surface area (Å²) < 4.78 is 0. The van der Waals surface area contributed by atoms with Crippen molar-refractivity contribution in [3.8, 4) is 0 Å². The van der Waals surface area contributed by atoms with Crippen LogP contribution in [0.4, 0.5) is 0 Å². The van der Waals surface area contributed by atoms with Gasteiger partial charge in [0.15, 0.2) is 5.78 Å². The van der Waals surface area contributed by atoms with Crippen LogP contribution in [0.1, 0.15) is 36.7 Å². The van der Waals surface area contributed by atoms with Gasteiger partial charge in [0.05, 0.1) is 0 Å². The van der Waals surface area contributed by atoms with Gasteiger partial charge >= 0.3 is 0 Å². The lowest BCUT2D eigenvalue weighted by Crippen LogP contribution is -2.31. The molecule has 94 valence electrons. The fourth-order valence-electron chi connectivity index (χ4n) is 2.07. The molecule has 0 aliphatic carbocycles. The number of carbonyl (C=O) groups excluding carboxylic acids is 1. The largest absolute Gasteiger partial charge is 0.303 e. The van der Waals surface area contributed by atoms with Crippen LogP contribution in [0.3, 0.4) is 0 Å². The third-order valence-electron chi connectivity index (χ3n) is 3.28. The van der Waals surface area contributed by atoms with Crippen LogP contribution >= 0.6 is 0 Å². The summed E-state index contributed by atoms with van der Waals surface area (Å²) in [7, 11) is 0. The molecule has 17 heavy (non-hydrogen) atoms. The average molecular weight is 233 g/mol. The van der Waals surface area contributed by atoms with Crippen molar-refractivity contribution in [2.45, 2.75) is 27.7 Å². The first-order chi connectivity index (χ1) is 8.10. The van der Waals surface area contributed by atoms with E-state index in [0.717, 1.165) is 30.8 Å². The van der Waals surface area contributed by atoms with Crippen LogP contribution in [-0.4, -0.2) is 30.3 Å². The third kappa shape index (κ3) is 3.67. The first kappa shape index (κ1) is 13.9. The number of hydrogen-bond donors (Lipinski definition) is 0. The Bertz CT molecular complexity index is 369. The van der Waals surface area contributed by atoms with Gasteiger partial charge in [0, 0.05) is 18.0 Å². The topological polar surface area (TPSA) is 20.3 Å². The van der Waals surface area contributed by atoms with Gasteiger partial charge in [-0.05, 0) is 25.6 Å². The van der Waals surface area contributed by atoms with Crippen LogP contribution in [0.15, 0.2) is 24.3 Å². The van der Waals surface area contributed by atoms with E-state index < -0.39 is 0 Å². The molecule has 0 aliphatic heterocycles. The van der Waals surface area contributed by atoms with Gasteiger partial charge in [-0.3, -0.25) is 4.79 Å². The predicted molar refractivity (Wildman–Crippen MR) is 72.5 cm³/mol. The molecule has 0 spiro atoms. The molecular formula is C15H23NO. The molecule has 0 aliphatic rings. The Labute approximate surface area is 105 Å². The van der Waals surface area contributed by atoms with E-state index in [4.69, 9.17) is 0 Å². The molecule has 1 aromatic rings. The van der Waals surface area contributed by atoms with E-state index >= 15 is 0 Å². The number of nitrogens with zero attached hydrogens (tertiary/aromatic N) is 1. The zero-order chi connectivity index (χ0) is 12.8. The molecular weight excluding hydrogens is 210 g/mol. The van der Waals surface area contributed by atoms with Gasteiger partial charge in [-0.2, -0.15) is 0 Å². The van der Waals surface area contributed by atoms with Gasteiger partial charge in [-0.25, -0.2) is 0 Å². The molecule has 0 saturated heterocycles. The second-order valence-corrected chi connectivity index (χ2v) is 4.57. The highest BCUT2D eigenvalue weighted by Crippen LogP contribution is 2.14. The van der Waals surface area contributed by atoms with Gasteiger partial charge < -0.3 is 4.90 Å². The Morgan fingerprint density at radius 2 is 1.82 bits per heavy atom. The van der Waals surface area contributed by atoms with Crippen molar-refractivity contribution in [2.75, 3.05) is 19.6 Å². The minimum atomic E-state index is 0.0657. The fraction of sp³-hybridized carbons (Fsp3) is 0.533. The maximum Gasteiger partial charge on any atom is 0.167 e. The zero-order valence-electron chi connectivity index (χ0n) is 11.4. The number of rotatable bonds is 6. The van der Waals surface area contributed by atoms with Crippen LogP contribution in [0.5, 0.6) is 0 Å². The van der Waals surface area contributed by atoms with Crippen molar-refractivity contribution < 1.29 is 4.79 Å². The SMILES string of the molecule is CCN(CC)CC(C)C(=O)c1ccccc1C. The van der Waals surface area contributed by atoms with Crippen molar-refractivity contribution in [1.29, 1.82) is 0 Å². The maximum atomic E-state index is 12.3. The zero-order valence-corrected chi connectivity index (χ0v) is 11.4. The maximum absolute atomic E-state index is 12.3. The molecule has 0 N–H and O–H groups in total. The van der Waals surface area contributed by atoms with E-state index in [0.29, 0.717) is 0 Å². The average Bonchev–Trinajstić information content (AvgIpc) is 2.35. The molecule has 0 radical (unpaired) electrons. The van der Waals surface area contributed by atoms with E-state index in [-0.39, 0.29) is 11.7 Å². The van der Waals surface area contributed by atoms with E-state index in [1.165, 1.54) is 0 Å². The monoisotopic (exact) mass is 233 g/mol. The second kappa shape index (κ2) is 6.55. The first-order valence-corrected chi connectivity index (χ1v) is 6.42. The summed E-state index contributed by atoms with van der Waals surface area (Å²) in [6.07, 6.45) is 0. The summed E-state index contributed by atoms with van der Waals surface area (Å²) in [5.41, 5.74) is 1.94. The van der Waals surface area contributed by atoms with Crippen LogP contribution in [-0.2, 0) is 0 Å². The quantitative estimate of drug-likeness (QED) is 0.703. The lowest BCUT2D eigenvalue weighted by atomic mass is 9.95. The van der Waals surface area contributed by atoms with Crippen LogP contribution < -0.4 is 0 Å². The summed E-state index contributed by atoms with van der Waals surface area (Å²) >= 11 is 0. The van der Waals surface area contributed by atoms with Gasteiger partial charge in [0.25, 0.3) is 0 Å². The van der Waals surface area contributed by atoms with Crippen molar-refractivity contribution >= 4 is 5.78 Å². The van der Waals surface area contributed by atoms with Crippen molar-refractivity contribution in [3.05, 3.63) is 35.4 Å². The van der Waals surface area contributed by atoms with E-state index in [1.807, 2.05) is 38.1 Å². The normalized spacial score (nSPS) is 12.8. The summed E-state index contributed by atoms with van der Waals surface area (Å²) in [4.78, 5) is 14.6.